The Morgan fingerprint density at radius 1 is 0.880 bits per heavy atom. The highest BCUT2D eigenvalue weighted by Gasteiger charge is 2.17. The Labute approximate surface area is 148 Å². The maximum absolute atomic E-state index is 6.23. The molecule has 2 heteroatoms. The summed E-state index contributed by atoms with van der Waals surface area (Å²) in [6.07, 6.45) is 4.22. The first-order chi connectivity index (χ1) is 12.3. The molecule has 0 unspecified atom stereocenters. The summed E-state index contributed by atoms with van der Waals surface area (Å²) in [6, 6.07) is 23.1. The first-order valence-electron chi connectivity index (χ1n) is 8.73. The SMILES string of the molecule is C/C=C/c1c(N(CC)c2ccccc2)ccc2c1oc1ccccc12. The molecule has 25 heavy (non-hydrogen) atoms. The van der Waals surface area contributed by atoms with Gasteiger partial charge in [-0.1, -0.05) is 48.6 Å². The van der Waals surface area contributed by atoms with Gasteiger partial charge in [0.05, 0.1) is 5.69 Å². The fraction of sp³-hybridized carbons (Fsp3) is 0.130. The Morgan fingerprint density at radius 3 is 2.40 bits per heavy atom. The van der Waals surface area contributed by atoms with Crippen LogP contribution in [0, 0.1) is 0 Å². The van der Waals surface area contributed by atoms with Gasteiger partial charge in [-0.25, -0.2) is 0 Å². The Bertz CT molecular complexity index is 1040. The fourth-order valence-corrected chi connectivity index (χ4v) is 3.46. The van der Waals surface area contributed by atoms with Gasteiger partial charge in [-0.05, 0) is 44.2 Å². The molecular formula is C23H21NO. The molecule has 2 nitrogen and oxygen atoms in total. The maximum Gasteiger partial charge on any atom is 0.144 e. The summed E-state index contributed by atoms with van der Waals surface area (Å²) >= 11 is 0. The van der Waals surface area contributed by atoms with Gasteiger partial charge in [-0.2, -0.15) is 0 Å². The summed E-state index contributed by atoms with van der Waals surface area (Å²) in [5.74, 6) is 0. The number of fused-ring (bicyclic) bond motifs is 3. The summed E-state index contributed by atoms with van der Waals surface area (Å²) in [5.41, 5.74) is 5.36. The number of rotatable bonds is 4. The number of nitrogens with zero attached hydrogens (tertiary/aromatic N) is 1. The predicted molar refractivity (Wildman–Crippen MR) is 108 cm³/mol. The van der Waals surface area contributed by atoms with Crippen LogP contribution in [0.1, 0.15) is 19.4 Å². The lowest BCUT2D eigenvalue weighted by Gasteiger charge is -2.25. The highest BCUT2D eigenvalue weighted by Crippen LogP contribution is 2.38. The number of hydrogen-bond donors (Lipinski definition) is 0. The van der Waals surface area contributed by atoms with Crippen molar-refractivity contribution >= 4 is 39.4 Å². The molecule has 0 atom stereocenters. The van der Waals surface area contributed by atoms with Gasteiger partial charge in [0.2, 0.25) is 0 Å². The van der Waals surface area contributed by atoms with Gasteiger partial charge >= 0.3 is 0 Å². The molecular weight excluding hydrogens is 306 g/mol. The molecule has 0 aliphatic carbocycles. The van der Waals surface area contributed by atoms with Crippen molar-refractivity contribution < 1.29 is 4.42 Å². The summed E-state index contributed by atoms with van der Waals surface area (Å²) < 4.78 is 6.23. The van der Waals surface area contributed by atoms with Crippen molar-refractivity contribution in [2.75, 3.05) is 11.4 Å². The third kappa shape index (κ3) is 2.60. The highest BCUT2D eigenvalue weighted by molar-refractivity contribution is 6.09. The van der Waals surface area contributed by atoms with Crippen molar-refractivity contribution in [3.8, 4) is 0 Å². The van der Waals surface area contributed by atoms with Crippen LogP contribution < -0.4 is 4.90 Å². The Kier molecular flexibility index (Phi) is 4.02. The molecule has 1 aromatic heterocycles. The molecule has 3 aromatic carbocycles. The minimum absolute atomic E-state index is 0.889. The van der Waals surface area contributed by atoms with E-state index in [0.29, 0.717) is 0 Å². The third-order valence-electron chi connectivity index (χ3n) is 4.57. The van der Waals surface area contributed by atoms with Crippen LogP contribution in [0.4, 0.5) is 11.4 Å². The molecule has 0 fully saturated rings. The summed E-state index contributed by atoms with van der Waals surface area (Å²) in [7, 11) is 0. The molecule has 0 spiro atoms. The van der Waals surface area contributed by atoms with Gasteiger partial charge in [0.25, 0.3) is 0 Å². The number of allylic oxidation sites excluding steroid dienone is 1. The molecule has 0 amide bonds. The largest absolute Gasteiger partial charge is 0.455 e. The van der Waals surface area contributed by atoms with E-state index >= 15 is 0 Å². The predicted octanol–water partition coefficient (Wildman–Crippen LogP) is 6.78. The van der Waals surface area contributed by atoms with Crippen molar-refractivity contribution in [1.82, 2.24) is 0 Å². The van der Waals surface area contributed by atoms with Gasteiger partial charge in [-0.15, -0.1) is 0 Å². The van der Waals surface area contributed by atoms with Gasteiger partial charge in [0.1, 0.15) is 11.2 Å². The average molecular weight is 327 g/mol. The van der Waals surface area contributed by atoms with Crippen LogP contribution in [0.25, 0.3) is 28.0 Å². The normalized spacial score (nSPS) is 11.6. The van der Waals surface area contributed by atoms with E-state index in [1.807, 2.05) is 25.1 Å². The molecule has 0 aliphatic heterocycles. The summed E-state index contributed by atoms with van der Waals surface area (Å²) in [6.45, 7) is 5.11. The Hall–Kier alpha value is -3.00. The molecule has 124 valence electrons. The molecule has 0 saturated heterocycles. The zero-order chi connectivity index (χ0) is 17.2. The average Bonchev–Trinajstić information content (AvgIpc) is 3.04. The molecule has 4 aromatic rings. The lowest BCUT2D eigenvalue weighted by molar-refractivity contribution is 0.668. The Balaban J connectivity index is 2.00. The monoisotopic (exact) mass is 327 g/mol. The fourth-order valence-electron chi connectivity index (χ4n) is 3.46. The van der Waals surface area contributed by atoms with Crippen molar-refractivity contribution in [3.05, 3.63) is 78.4 Å². The molecule has 4 rings (SSSR count). The van der Waals surface area contributed by atoms with Crippen LogP contribution in [0.5, 0.6) is 0 Å². The Morgan fingerprint density at radius 2 is 1.64 bits per heavy atom. The van der Waals surface area contributed by atoms with E-state index in [9.17, 15) is 0 Å². The van der Waals surface area contributed by atoms with E-state index in [4.69, 9.17) is 4.42 Å². The standard InChI is InChI=1S/C23H21NO/c1-3-10-20-21(24(4-2)17-11-6-5-7-12-17)16-15-19-18-13-8-9-14-22(18)25-23(19)20/h3,5-16H,4H2,1-2H3/b10-3+. The van der Waals surface area contributed by atoms with Crippen molar-refractivity contribution in [1.29, 1.82) is 0 Å². The van der Waals surface area contributed by atoms with Gasteiger partial charge in [0, 0.05) is 28.6 Å². The van der Waals surface area contributed by atoms with Crippen LogP contribution in [0.2, 0.25) is 0 Å². The lowest BCUT2D eigenvalue weighted by Crippen LogP contribution is -2.16. The second-order valence-corrected chi connectivity index (χ2v) is 6.05. The smallest absolute Gasteiger partial charge is 0.144 e. The summed E-state index contributed by atoms with van der Waals surface area (Å²) in [5, 5.41) is 2.33. The number of benzene rings is 3. The topological polar surface area (TPSA) is 16.4 Å². The zero-order valence-corrected chi connectivity index (χ0v) is 14.6. The van der Waals surface area contributed by atoms with Gasteiger partial charge in [-0.3, -0.25) is 0 Å². The van der Waals surface area contributed by atoms with Gasteiger partial charge < -0.3 is 9.32 Å². The number of para-hydroxylation sites is 2. The summed E-state index contributed by atoms with van der Waals surface area (Å²) in [4.78, 5) is 2.32. The zero-order valence-electron chi connectivity index (χ0n) is 14.6. The maximum atomic E-state index is 6.23. The van der Waals surface area contributed by atoms with Crippen LogP contribution in [-0.4, -0.2) is 6.54 Å². The van der Waals surface area contributed by atoms with E-state index in [1.54, 1.807) is 0 Å². The van der Waals surface area contributed by atoms with Crippen LogP contribution in [0.3, 0.4) is 0 Å². The van der Waals surface area contributed by atoms with Crippen LogP contribution >= 0.6 is 0 Å². The molecule has 1 heterocycles. The quantitative estimate of drug-likeness (QED) is 0.411. The van der Waals surface area contributed by atoms with E-state index in [1.165, 1.54) is 11.4 Å². The first kappa shape index (κ1) is 15.5. The van der Waals surface area contributed by atoms with E-state index in [2.05, 4.69) is 72.5 Å². The molecule has 0 saturated carbocycles. The highest BCUT2D eigenvalue weighted by atomic mass is 16.3. The second-order valence-electron chi connectivity index (χ2n) is 6.05. The van der Waals surface area contributed by atoms with Crippen molar-refractivity contribution in [2.45, 2.75) is 13.8 Å². The number of anilines is 2. The molecule has 0 aliphatic rings. The number of furan rings is 1. The third-order valence-corrected chi connectivity index (χ3v) is 4.57. The first-order valence-corrected chi connectivity index (χ1v) is 8.73. The molecule has 0 N–H and O–H groups in total. The lowest BCUT2D eigenvalue weighted by atomic mass is 10.0. The molecule has 0 bridgehead atoms. The van der Waals surface area contributed by atoms with Crippen LogP contribution in [-0.2, 0) is 0 Å². The minimum Gasteiger partial charge on any atom is -0.455 e. The van der Waals surface area contributed by atoms with Gasteiger partial charge in [0.15, 0.2) is 0 Å². The molecule has 0 radical (unpaired) electrons. The van der Waals surface area contributed by atoms with E-state index < -0.39 is 0 Å². The number of hydrogen-bond acceptors (Lipinski definition) is 2. The van der Waals surface area contributed by atoms with Crippen LogP contribution in [0.15, 0.2) is 77.2 Å². The van der Waals surface area contributed by atoms with Crippen molar-refractivity contribution in [2.24, 2.45) is 0 Å². The van der Waals surface area contributed by atoms with Crippen molar-refractivity contribution in [3.63, 3.8) is 0 Å². The second kappa shape index (κ2) is 6.48. The van der Waals surface area contributed by atoms with E-state index in [-0.39, 0.29) is 0 Å². The van der Waals surface area contributed by atoms with E-state index in [0.717, 1.165) is 34.0 Å². The minimum atomic E-state index is 0.889.